The number of nitrogens with zero attached hydrogens (tertiary/aromatic N) is 2. The molecule has 6 heteroatoms. The highest BCUT2D eigenvalue weighted by Crippen LogP contribution is 2.57. The molecular formula is C19H23N3O3. The first-order valence-corrected chi connectivity index (χ1v) is 9.12. The highest BCUT2D eigenvalue weighted by Gasteiger charge is 2.52. The molecule has 0 spiro atoms. The monoisotopic (exact) mass is 341 g/mol. The number of amides is 1. The summed E-state index contributed by atoms with van der Waals surface area (Å²) in [6.45, 7) is 0. The number of non-ortho nitro benzene ring substituents is 1. The second-order valence-corrected chi connectivity index (χ2v) is 8.09. The van der Waals surface area contributed by atoms with E-state index in [9.17, 15) is 14.9 Å². The van der Waals surface area contributed by atoms with Crippen molar-refractivity contribution in [1.82, 2.24) is 5.43 Å². The van der Waals surface area contributed by atoms with E-state index < -0.39 is 4.92 Å². The predicted octanol–water partition coefficient (Wildman–Crippen LogP) is 3.65. The fraction of sp³-hybridized carbons (Fsp3) is 0.579. The van der Waals surface area contributed by atoms with E-state index in [0.29, 0.717) is 17.8 Å². The zero-order chi connectivity index (χ0) is 17.4. The largest absolute Gasteiger partial charge is 0.273 e. The summed E-state index contributed by atoms with van der Waals surface area (Å²) in [5, 5.41) is 14.8. The second kappa shape index (κ2) is 6.24. The number of hydrogen-bond donors (Lipinski definition) is 1. The maximum absolute atomic E-state index is 12.9. The van der Waals surface area contributed by atoms with Crippen LogP contribution in [0, 0.1) is 33.3 Å². The Kier molecular flexibility index (Phi) is 4.06. The predicted molar refractivity (Wildman–Crippen MR) is 94.1 cm³/mol. The van der Waals surface area contributed by atoms with Gasteiger partial charge in [-0.2, -0.15) is 5.10 Å². The van der Waals surface area contributed by atoms with Crippen molar-refractivity contribution in [3.63, 3.8) is 0 Å². The topological polar surface area (TPSA) is 84.6 Å². The van der Waals surface area contributed by atoms with Crippen LogP contribution in [0.2, 0.25) is 0 Å². The van der Waals surface area contributed by atoms with Gasteiger partial charge in [-0.15, -0.1) is 0 Å². The van der Waals surface area contributed by atoms with Gasteiger partial charge in [-0.1, -0.05) is 12.8 Å². The van der Waals surface area contributed by atoms with Crippen molar-refractivity contribution < 1.29 is 9.72 Å². The van der Waals surface area contributed by atoms with Crippen molar-refractivity contribution in [3.8, 4) is 0 Å². The quantitative estimate of drug-likeness (QED) is 0.515. The molecule has 0 radical (unpaired) electrons. The summed E-state index contributed by atoms with van der Waals surface area (Å²) < 4.78 is 0. The minimum atomic E-state index is -0.432. The fourth-order valence-corrected chi connectivity index (χ4v) is 5.44. The van der Waals surface area contributed by atoms with Gasteiger partial charge < -0.3 is 0 Å². The lowest BCUT2D eigenvalue weighted by Crippen LogP contribution is -2.47. The van der Waals surface area contributed by atoms with Gasteiger partial charge >= 0.3 is 0 Å². The van der Waals surface area contributed by atoms with Crippen molar-refractivity contribution >= 4 is 17.8 Å². The third-order valence-corrected chi connectivity index (χ3v) is 6.32. The van der Waals surface area contributed by atoms with Gasteiger partial charge in [-0.25, -0.2) is 5.43 Å². The van der Waals surface area contributed by atoms with Crippen LogP contribution in [0.4, 0.5) is 5.69 Å². The second-order valence-electron chi connectivity index (χ2n) is 8.09. The molecule has 4 aliphatic rings. The van der Waals surface area contributed by atoms with Crippen LogP contribution in [-0.2, 0) is 4.79 Å². The Morgan fingerprint density at radius 1 is 1.12 bits per heavy atom. The van der Waals surface area contributed by atoms with Gasteiger partial charge in [0.25, 0.3) is 5.69 Å². The standard InChI is InChI=1S/C19H23N3O3/c23-18(21-20-12-13-3-5-17(6-4-13)22(24)25)19-9-14-1-2-15(10-19)8-16(7-14)11-19/h3-6,12,14-16H,1-2,7-11H2,(H,21,23). The SMILES string of the molecule is O=C(NN=Cc1ccc([N+](=O)[O-])cc1)C12CC3CCC(CC(C3)C1)C2. The molecule has 4 fully saturated rings. The Balaban J connectivity index is 1.42. The molecule has 6 nitrogen and oxygen atoms in total. The number of carbonyl (C=O) groups is 1. The zero-order valence-corrected chi connectivity index (χ0v) is 14.2. The lowest BCUT2D eigenvalue weighted by Gasteiger charge is -2.46. The summed E-state index contributed by atoms with van der Waals surface area (Å²) in [6, 6.07) is 6.13. The van der Waals surface area contributed by atoms with E-state index in [1.807, 2.05) is 0 Å². The van der Waals surface area contributed by atoms with Gasteiger partial charge in [0.05, 0.1) is 16.6 Å². The molecule has 1 amide bonds. The van der Waals surface area contributed by atoms with Crippen LogP contribution in [-0.4, -0.2) is 17.0 Å². The van der Waals surface area contributed by atoms with Gasteiger partial charge in [0.1, 0.15) is 0 Å². The van der Waals surface area contributed by atoms with Crippen molar-refractivity contribution in [1.29, 1.82) is 0 Å². The maximum Gasteiger partial charge on any atom is 0.269 e. The molecule has 5 rings (SSSR count). The molecule has 0 saturated heterocycles. The Labute approximate surface area is 146 Å². The number of nitro groups is 1. The number of hydrazone groups is 1. The van der Waals surface area contributed by atoms with E-state index in [0.717, 1.165) is 24.8 Å². The van der Waals surface area contributed by atoms with E-state index in [1.54, 1.807) is 18.3 Å². The van der Waals surface area contributed by atoms with Crippen LogP contribution >= 0.6 is 0 Å². The van der Waals surface area contributed by atoms with Crippen LogP contribution < -0.4 is 5.43 Å². The van der Waals surface area contributed by atoms with Gasteiger partial charge in [-0.05, 0) is 67.6 Å². The van der Waals surface area contributed by atoms with Crippen LogP contribution in [0.3, 0.4) is 0 Å². The molecule has 2 unspecified atom stereocenters. The summed E-state index contributed by atoms with van der Waals surface area (Å²) >= 11 is 0. The van der Waals surface area contributed by atoms with E-state index in [4.69, 9.17) is 0 Å². The van der Waals surface area contributed by atoms with Gasteiger partial charge in [0.15, 0.2) is 0 Å². The summed E-state index contributed by atoms with van der Waals surface area (Å²) in [4.78, 5) is 23.1. The summed E-state index contributed by atoms with van der Waals surface area (Å²) in [5.41, 5.74) is 3.30. The van der Waals surface area contributed by atoms with Crippen molar-refractivity contribution in [3.05, 3.63) is 39.9 Å². The van der Waals surface area contributed by atoms with Crippen molar-refractivity contribution in [2.75, 3.05) is 0 Å². The summed E-state index contributed by atoms with van der Waals surface area (Å²) in [7, 11) is 0. The number of rotatable bonds is 4. The van der Waals surface area contributed by atoms with Crippen molar-refractivity contribution in [2.24, 2.45) is 28.3 Å². The number of nitro benzene ring substituents is 1. The molecule has 1 N–H and O–H groups in total. The first-order chi connectivity index (χ1) is 12.0. The van der Waals surface area contributed by atoms with Crippen molar-refractivity contribution in [2.45, 2.75) is 44.9 Å². The van der Waals surface area contributed by atoms with Crippen LogP contribution in [0.1, 0.15) is 50.5 Å². The van der Waals surface area contributed by atoms with Gasteiger partial charge in [0.2, 0.25) is 5.91 Å². The molecule has 4 bridgehead atoms. The molecule has 4 saturated carbocycles. The van der Waals surface area contributed by atoms with E-state index in [2.05, 4.69) is 10.5 Å². The molecule has 132 valence electrons. The van der Waals surface area contributed by atoms with Gasteiger partial charge in [0, 0.05) is 12.1 Å². The number of benzene rings is 1. The van der Waals surface area contributed by atoms with Crippen LogP contribution in [0.5, 0.6) is 0 Å². The highest BCUT2D eigenvalue weighted by atomic mass is 16.6. The molecule has 1 aromatic rings. The molecular weight excluding hydrogens is 318 g/mol. The summed E-state index contributed by atoms with van der Waals surface area (Å²) in [5.74, 6) is 2.18. The fourth-order valence-electron chi connectivity index (χ4n) is 5.44. The third kappa shape index (κ3) is 3.17. The molecule has 4 aliphatic carbocycles. The van der Waals surface area contributed by atoms with Crippen LogP contribution in [0.25, 0.3) is 0 Å². The molecule has 0 aromatic heterocycles. The first-order valence-electron chi connectivity index (χ1n) is 9.12. The Hall–Kier alpha value is -2.24. The molecule has 0 heterocycles. The average molecular weight is 341 g/mol. The minimum Gasteiger partial charge on any atom is -0.273 e. The molecule has 25 heavy (non-hydrogen) atoms. The van der Waals surface area contributed by atoms with E-state index in [-0.39, 0.29) is 17.0 Å². The molecule has 1 aromatic carbocycles. The Morgan fingerprint density at radius 3 is 2.32 bits per heavy atom. The lowest BCUT2D eigenvalue weighted by molar-refractivity contribution is -0.384. The third-order valence-electron chi connectivity index (χ3n) is 6.32. The first kappa shape index (κ1) is 16.2. The smallest absolute Gasteiger partial charge is 0.269 e. The lowest BCUT2D eigenvalue weighted by atomic mass is 9.58. The number of fused-ring (bicyclic) bond motifs is 1. The molecule has 2 atom stereocenters. The van der Waals surface area contributed by atoms with E-state index >= 15 is 0 Å². The zero-order valence-electron chi connectivity index (χ0n) is 14.2. The average Bonchev–Trinajstić information content (AvgIpc) is 2.81. The molecule has 0 aliphatic heterocycles. The Bertz CT molecular complexity index is 697. The number of carbonyl (C=O) groups excluding carboxylic acids is 1. The minimum absolute atomic E-state index is 0.0472. The Morgan fingerprint density at radius 2 is 1.72 bits per heavy atom. The number of hydrogen-bond acceptors (Lipinski definition) is 4. The normalized spacial score (nSPS) is 33.4. The maximum atomic E-state index is 12.9. The highest BCUT2D eigenvalue weighted by molar-refractivity contribution is 5.85. The van der Waals surface area contributed by atoms with Gasteiger partial charge in [-0.3, -0.25) is 14.9 Å². The van der Waals surface area contributed by atoms with Crippen LogP contribution in [0.15, 0.2) is 29.4 Å². The van der Waals surface area contributed by atoms with E-state index in [1.165, 1.54) is 37.8 Å². The summed E-state index contributed by atoms with van der Waals surface area (Å²) in [6.07, 6.45) is 9.76. The number of nitrogens with one attached hydrogen (secondary N) is 1.